The number of ether oxygens (including phenoxy) is 2. The summed E-state index contributed by atoms with van der Waals surface area (Å²) in [4.78, 5) is 27.8. The van der Waals surface area contributed by atoms with Gasteiger partial charge >= 0.3 is 6.03 Å². The van der Waals surface area contributed by atoms with Crippen LogP contribution in [0.5, 0.6) is 0 Å². The summed E-state index contributed by atoms with van der Waals surface area (Å²) < 4.78 is 11.7. The number of nitrogens with one attached hydrogen (secondary N) is 3. The van der Waals surface area contributed by atoms with E-state index in [9.17, 15) is 14.7 Å². The van der Waals surface area contributed by atoms with Crippen LogP contribution in [0.1, 0.15) is 32.3 Å². The van der Waals surface area contributed by atoms with Gasteiger partial charge in [0.15, 0.2) is 0 Å². The van der Waals surface area contributed by atoms with Crippen LogP contribution in [0.25, 0.3) is 0 Å². The number of hydrogen-bond acceptors (Lipinski definition) is 6. The van der Waals surface area contributed by atoms with E-state index in [1.54, 1.807) is 12.4 Å². The Hall–Kier alpha value is -2.23. The zero-order chi connectivity index (χ0) is 20.1. The highest BCUT2D eigenvalue weighted by Gasteiger charge is 2.50. The molecule has 2 aliphatic heterocycles. The number of hydrogen-bond donors (Lipinski definition) is 4. The van der Waals surface area contributed by atoms with Crippen LogP contribution in [-0.2, 0) is 20.8 Å². The van der Waals surface area contributed by atoms with Gasteiger partial charge in [0.2, 0.25) is 5.91 Å². The number of fused-ring (bicyclic) bond motifs is 1. The average Bonchev–Trinajstić information content (AvgIpc) is 3.17. The lowest BCUT2D eigenvalue weighted by Crippen LogP contribution is -2.45. The van der Waals surface area contributed by atoms with Crippen molar-refractivity contribution >= 4 is 11.9 Å². The van der Waals surface area contributed by atoms with Gasteiger partial charge in [-0.1, -0.05) is 6.07 Å². The van der Waals surface area contributed by atoms with Crippen molar-refractivity contribution in [3.05, 3.63) is 30.1 Å². The van der Waals surface area contributed by atoms with Gasteiger partial charge in [-0.25, -0.2) is 4.79 Å². The van der Waals surface area contributed by atoms with Crippen LogP contribution in [0.4, 0.5) is 4.79 Å². The zero-order valence-electron chi connectivity index (χ0n) is 16.1. The first-order chi connectivity index (χ1) is 13.4. The van der Waals surface area contributed by atoms with Crippen molar-refractivity contribution < 1.29 is 24.2 Å². The Kier molecular flexibility index (Phi) is 6.82. The van der Waals surface area contributed by atoms with Crippen molar-refractivity contribution in [2.24, 2.45) is 0 Å². The van der Waals surface area contributed by atoms with Gasteiger partial charge in [0, 0.05) is 37.9 Å². The molecule has 0 saturated carbocycles. The Morgan fingerprint density at radius 2 is 2.14 bits per heavy atom. The normalized spacial score (nSPS) is 28.8. The molecule has 0 aromatic carbocycles. The van der Waals surface area contributed by atoms with E-state index < -0.39 is 18.3 Å². The maximum absolute atomic E-state index is 12.1. The highest BCUT2D eigenvalue weighted by molar-refractivity contribution is 5.76. The standard InChI is InChI=1S/C19H28N4O5/c1-11(2)23-19(26)22-10-15-17(25)18-14(28-15)6-13(27-18)7-16(24)21-9-12-4-3-5-20-8-12/h3-5,8,11,13-15,17-18,25H,6-7,9-10H2,1-2H3,(H,21,24)(H2,22,23,26). The van der Waals surface area contributed by atoms with E-state index in [1.807, 2.05) is 26.0 Å². The van der Waals surface area contributed by atoms with Crippen molar-refractivity contribution in [1.29, 1.82) is 0 Å². The van der Waals surface area contributed by atoms with Gasteiger partial charge in [-0.2, -0.15) is 0 Å². The van der Waals surface area contributed by atoms with Crippen molar-refractivity contribution in [2.45, 2.75) is 69.8 Å². The quantitative estimate of drug-likeness (QED) is 0.521. The Morgan fingerprint density at radius 3 is 2.82 bits per heavy atom. The molecule has 0 bridgehead atoms. The Morgan fingerprint density at radius 1 is 1.32 bits per heavy atom. The van der Waals surface area contributed by atoms with Gasteiger partial charge in [-0.15, -0.1) is 0 Å². The summed E-state index contributed by atoms with van der Waals surface area (Å²) in [6, 6.07) is 3.44. The van der Waals surface area contributed by atoms with Crippen LogP contribution in [-0.4, -0.2) is 65.1 Å². The van der Waals surface area contributed by atoms with E-state index >= 15 is 0 Å². The second-order valence-corrected chi connectivity index (χ2v) is 7.51. The number of amides is 3. The minimum Gasteiger partial charge on any atom is -0.388 e. The maximum Gasteiger partial charge on any atom is 0.315 e. The van der Waals surface area contributed by atoms with Gasteiger partial charge in [0.25, 0.3) is 0 Å². The minimum absolute atomic E-state index is 0.0298. The summed E-state index contributed by atoms with van der Waals surface area (Å²) in [5.74, 6) is -0.119. The summed E-state index contributed by atoms with van der Waals surface area (Å²) in [5, 5.41) is 18.7. The number of aliphatic hydroxyl groups excluding tert-OH is 1. The van der Waals surface area contributed by atoms with E-state index in [0.717, 1.165) is 5.56 Å². The Labute approximate surface area is 164 Å². The third kappa shape index (κ3) is 5.40. The molecule has 3 heterocycles. The topological polar surface area (TPSA) is 122 Å². The third-order valence-corrected chi connectivity index (χ3v) is 4.79. The first-order valence-electron chi connectivity index (χ1n) is 9.61. The van der Waals surface area contributed by atoms with Crippen molar-refractivity contribution in [3.8, 4) is 0 Å². The number of rotatable bonds is 7. The van der Waals surface area contributed by atoms with Crippen molar-refractivity contribution in [1.82, 2.24) is 20.9 Å². The summed E-state index contributed by atoms with van der Waals surface area (Å²) >= 11 is 0. The number of pyridine rings is 1. The Bertz CT molecular complexity index is 672. The number of urea groups is 1. The lowest BCUT2D eigenvalue weighted by molar-refractivity contribution is -0.124. The molecule has 3 rings (SSSR count). The van der Waals surface area contributed by atoms with Crippen LogP contribution < -0.4 is 16.0 Å². The van der Waals surface area contributed by atoms with Crippen LogP contribution in [0.2, 0.25) is 0 Å². The molecule has 1 aromatic rings. The first-order valence-corrected chi connectivity index (χ1v) is 9.61. The number of nitrogens with zero attached hydrogens (tertiary/aromatic N) is 1. The molecule has 2 fully saturated rings. The first kappa shape index (κ1) is 20.5. The van der Waals surface area contributed by atoms with E-state index in [4.69, 9.17) is 9.47 Å². The van der Waals surface area contributed by atoms with Gasteiger partial charge in [0.05, 0.1) is 18.6 Å². The highest BCUT2D eigenvalue weighted by Crippen LogP contribution is 2.35. The fraction of sp³-hybridized carbons (Fsp3) is 0.632. The SMILES string of the molecule is CC(C)NC(=O)NCC1OC2CC(CC(=O)NCc3cccnc3)OC2C1O. The number of carbonyl (C=O) groups excluding carboxylic acids is 2. The smallest absolute Gasteiger partial charge is 0.315 e. The fourth-order valence-corrected chi connectivity index (χ4v) is 3.50. The maximum atomic E-state index is 12.1. The molecule has 0 spiro atoms. The second-order valence-electron chi connectivity index (χ2n) is 7.51. The summed E-state index contributed by atoms with van der Waals surface area (Å²) in [6.45, 7) is 4.35. The molecule has 9 heteroatoms. The van der Waals surface area contributed by atoms with E-state index in [1.165, 1.54) is 0 Å². The Balaban J connectivity index is 1.39. The van der Waals surface area contributed by atoms with E-state index in [-0.39, 0.29) is 43.2 Å². The highest BCUT2D eigenvalue weighted by atomic mass is 16.6. The van der Waals surface area contributed by atoms with Crippen LogP contribution in [0, 0.1) is 0 Å². The average molecular weight is 392 g/mol. The van der Waals surface area contributed by atoms with Crippen LogP contribution in [0.15, 0.2) is 24.5 Å². The van der Waals surface area contributed by atoms with Crippen molar-refractivity contribution in [3.63, 3.8) is 0 Å². The van der Waals surface area contributed by atoms with Crippen molar-refractivity contribution in [2.75, 3.05) is 6.54 Å². The molecule has 2 saturated heterocycles. The van der Waals surface area contributed by atoms with E-state index in [0.29, 0.717) is 13.0 Å². The van der Waals surface area contributed by atoms with Gasteiger partial charge in [0.1, 0.15) is 18.3 Å². The lowest BCUT2D eigenvalue weighted by atomic mass is 10.1. The van der Waals surface area contributed by atoms with E-state index in [2.05, 4.69) is 20.9 Å². The molecular weight excluding hydrogens is 364 g/mol. The van der Waals surface area contributed by atoms with Gasteiger partial charge < -0.3 is 30.5 Å². The number of aliphatic hydroxyl groups is 1. The summed E-state index contributed by atoms with van der Waals surface area (Å²) in [7, 11) is 0. The third-order valence-electron chi connectivity index (χ3n) is 4.79. The molecule has 9 nitrogen and oxygen atoms in total. The monoisotopic (exact) mass is 392 g/mol. The summed E-state index contributed by atoms with van der Waals surface area (Å²) in [6.07, 6.45) is 1.73. The lowest BCUT2D eigenvalue weighted by Gasteiger charge is -2.20. The molecular formula is C19H28N4O5. The predicted octanol–water partition coefficient (Wildman–Crippen LogP) is 0.0813. The molecule has 3 amide bonds. The second kappa shape index (κ2) is 9.31. The van der Waals surface area contributed by atoms with Crippen LogP contribution >= 0.6 is 0 Å². The number of carbonyl (C=O) groups is 2. The number of aromatic nitrogens is 1. The molecule has 4 N–H and O–H groups in total. The minimum atomic E-state index is -0.840. The predicted molar refractivity (Wildman–Crippen MR) is 100 cm³/mol. The largest absolute Gasteiger partial charge is 0.388 e. The molecule has 2 aliphatic rings. The zero-order valence-corrected chi connectivity index (χ0v) is 16.1. The molecule has 154 valence electrons. The van der Waals surface area contributed by atoms with Crippen LogP contribution in [0.3, 0.4) is 0 Å². The molecule has 1 aromatic heterocycles. The molecule has 5 atom stereocenters. The fourth-order valence-electron chi connectivity index (χ4n) is 3.50. The van der Waals surface area contributed by atoms with Gasteiger partial charge in [-0.05, 0) is 25.5 Å². The molecule has 5 unspecified atom stereocenters. The molecule has 28 heavy (non-hydrogen) atoms. The molecule has 0 radical (unpaired) electrons. The summed E-state index contributed by atoms with van der Waals surface area (Å²) in [5.41, 5.74) is 0.927. The van der Waals surface area contributed by atoms with Gasteiger partial charge in [-0.3, -0.25) is 9.78 Å². The molecule has 0 aliphatic carbocycles.